The van der Waals surface area contributed by atoms with Gasteiger partial charge in [-0.25, -0.2) is 0 Å². The van der Waals surface area contributed by atoms with Crippen LogP contribution in [-0.2, 0) is 4.79 Å². The average Bonchev–Trinajstić information content (AvgIpc) is 2.10. The SMILES string of the molecule is CSCCC(C)N(C)C(=O)C(C)(C)O. The second-order valence-electron chi connectivity index (χ2n) is 4.11. The van der Waals surface area contributed by atoms with Gasteiger partial charge in [-0.1, -0.05) is 0 Å². The third kappa shape index (κ3) is 4.33. The number of hydrogen-bond acceptors (Lipinski definition) is 3. The van der Waals surface area contributed by atoms with Crippen molar-refractivity contribution in [2.24, 2.45) is 0 Å². The molecule has 0 fully saturated rings. The van der Waals surface area contributed by atoms with Gasteiger partial charge in [0, 0.05) is 13.1 Å². The maximum atomic E-state index is 11.6. The molecule has 84 valence electrons. The number of hydrogen-bond donors (Lipinski definition) is 1. The molecule has 3 nitrogen and oxygen atoms in total. The molecule has 0 rings (SSSR count). The van der Waals surface area contributed by atoms with E-state index >= 15 is 0 Å². The number of carbonyl (C=O) groups is 1. The quantitative estimate of drug-likeness (QED) is 0.759. The largest absolute Gasteiger partial charge is 0.381 e. The molecule has 14 heavy (non-hydrogen) atoms. The number of nitrogens with zero attached hydrogens (tertiary/aromatic N) is 1. The minimum absolute atomic E-state index is 0.182. The first-order chi connectivity index (χ1) is 6.30. The number of rotatable bonds is 5. The van der Waals surface area contributed by atoms with Gasteiger partial charge in [-0.2, -0.15) is 11.8 Å². The molecular weight excluding hydrogens is 198 g/mol. The lowest BCUT2D eigenvalue weighted by Gasteiger charge is -2.30. The molecule has 1 amide bonds. The molecule has 0 heterocycles. The summed E-state index contributed by atoms with van der Waals surface area (Å²) in [7, 11) is 1.74. The Balaban J connectivity index is 4.18. The Bertz CT molecular complexity index is 189. The first-order valence-electron chi connectivity index (χ1n) is 4.79. The predicted octanol–water partition coefficient (Wildman–Crippen LogP) is 1.36. The topological polar surface area (TPSA) is 40.5 Å². The van der Waals surface area contributed by atoms with Gasteiger partial charge in [-0.05, 0) is 39.2 Å². The number of amides is 1. The van der Waals surface area contributed by atoms with Crippen LogP contribution in [0.5, 0.6) is 0 Å². The van der Waals surface area contributed by atoms with Gasteiger partial charge in [0.05, 0.1) is 0 Å². The van der Waals surface area contributed by atoms with Crippen LogP contribution in [0.25, 0.3) is 0 Å². The van der Waals surface area contributed by atoms with E-state index < -0.39 is 5.60 Å². The van der Waals surface area contributed by atoms with E-state index in [1.54, 1.807) is 23.7 Å². The lowest BCUT2D eigenvalue weighted by molar-refractivity contribution is -0.148. The second kappa shape index (κ2) is 5.61. The summed E-state index contributed by atoms with van der Waals surface area (Å²) in [6.45, 7) is 5.04. The highest BCUT2D eigenvalue weighted by molar-refractivity contribution is 7.98. The highest BCUT2D eigenvalue weighted by atomic mass is 32.2. The molecule has 1 N–H and O–H groups in total. The van der Waals surface area contributed by atoms with Gasteiger partial charge in [0.15, 0.2) is 0 Å². The van der Waals surface area contributed by atoms with Crippen LogP contribution in [0, 0.1) is 0 Å². The third-order valence-corrected chi connectivity index (χ3v) is 2.89. The van der Waals surface area contributed by atoms with Crippen molar-refractivity contribution >= 4 is 17.7 Å². The number of aliphatic hydroxyl groups is 1. The highest BCUT2D eigenvalue weighted by Crippen LogP contribution is 2.12. The zero-order valence-electron chi connectivity index (χ0n) is 9.70. The van der Waals surface area contributed by atoms with E-state index in [9.17, 15) is 9.90 Å². The fourth-order valence-electron chi connectivity index (χ4n) is 1.11. The molecule has 0 bridgehead atoms. The Kier molecular flexibility index (Phi) is 5.52. The summed E-state index contributed by atoms with van der Waals surface area (Å²) in [5, 5.41) is 9.53. The van der Waals surface area contributed by atoms with E-state index in [1.807, 2.05) is 13.2 Å². The van der Waals surface area contributed by atoms with Crippen molar-refractivity contribution in [2.75, 3.05) is 19.1 Å². The third-order valence-electron chi connectivity index (χ3n) is 2.24. The molecule has 4 heteroatoms. The van der Waals surface area contributed by atoms with Crippen molar-refractivity contribution < 1.29 is 9.90 Å². The molecule has 0 aromatic rings. The molecule has 0 spiro atoms. The molecule has 1 atom stereocenters. The molecule has 0 saturated carbocycles. The Labute approximate surface area is 90.9 Å². The Morgan fingerprint density at radius 2 is 2.07 bits per heavy atom. The zero-order chi connectivity index (χ0) is 11.4. The monoisotopic (exact) mass is 219 g/mol. The smallest absolute Gasteiger partial charge is 0.253 e. The van der Waals surface area contributed by atoms with Crippen LogP contribution in [0.4, 0.5) is 0 Å². The van der Waals surface area contributed by atoms with Gasteiger partial charge in [-0.3, -0.25) is 4.79 Å². The van der Waals surface area contributed by atoms with Crippen molar-refractivity contribution in [3.8, 4) is 0 Å². The van der Waals surface area contributed by atoms with Crippen LogP contribution in [0.2, 0.25) is 0 Å². The van der Waals surface area contributed by atoms with Crippen molar-refractivity contribution in [1.29, 1.82) is 0 Å². The van der Waals surface area contributed by atoms with Crippen molar-refractivity contribution in [3.63, 3.8) is 0 Å². The normalized spacial score (nSPS) is 13.9. The molecule has 0 radical (unpaired) electrons. The van der Waals surface area contributed by atoms with Crippen molar-refractivity contribution in [1.82, 2.24) is 4.90 Å². The predicted molar refractivity (Wildman–Crippen MR) is 61.5 cm³/mol. The van der Waals surface area contributed by atoms with Gasteiger partial charge in [0.1, 0.15) is 5.60 Å². The van der Waals surface area contributed by atoms with Crippen LogP contribution in [0.15, 0.2) is 0 Å². The van der Waals surface area contributed by atoms with Crippen LogP contribution in [-0.4, -0.2) is 46.6 Å². The van der Waals surface area contributed by atoms with Gasteiger partial charge < -0.3 is 10.0 Å². The summed E-state index contributed by atoms with van der Waals surface area (Å²) >= 11 is 1.77. The van der Waals surface area contributed by atoms with Crippen LogP contribution in [0.3, 0.4) is 0 Å². The molecule has 0 aliphatic rings. The maximum Gasteiger partial charge on any atom is 0.253 e. The van der Waals surface area contributed by atoms with E-state index in [4.69, 9.17) is 0 Å². The fraction of sp³-hybridized carbons (Fsp3) is 0.900. The van der Waals surface area contributed by atoms with E-state index in [0.717, 1.165) is 12.2 Å². The Hall–Kier alpha value is -0.220. The van der Waals surface area contributed by atoms with E-state index in [0.29, 0.717) is 0 Å². The van der Waals surface area contributed by atoms with E-state index in [2.05, 4.69) is 0 Å². The summed E-state index contributed by atoms with van der Waals surface area (Å²) in [6.07, 6.45) is 3.00. The lowest BCUT2D eigenvalue weighted by atomic mass is 10.1. The van der Waals surface area contributed by atoms with E-state index in [-0.39, 0.29) is 11.9 Å². The molecule has 0 aliphatic carbocycles. The van der Waals surface area contributed by atoms with Crippen molar-refractivity contribution in [3.05, 3.63) is 0 Å². The number of thioether (sulfide) groups is 1. The summed E-state index contributed by atoms with van der Waals surface area (Å²) in [5.74, 6) is 0.816. The van der Waals surface area contributed by atoms with Gasteiger partial charge >= 0.3 is 0 Å². The first kappa shape index (κ1) is 13.8. The second-order valence-corrected chi connectivity index (χ2v) is 5.09. The summed E-state index contributed by atoms with van der Waals surface area (Å²) in [6, 6.07) is 0.182. The van der Waals surface area contributed by atoms with Crippen LogP contribution < -0.4 is 0 Å². The summed E-state index contributed by atoms with van der Waals surface area (Å²) < 4.78 is 0. The standard InChI is InChI=1S/C10H21NO2S/c1-8(6-7-14-5)11(4)9(12)10(2,3)13/h8,13H,6-7H2,1-5H3. The summed E-state index contributed by atoms with van der Waals surface area (Å²) in [4.78, 5) is 13.3. The molecule has 0 aromatic heterocycles. The Morgan fingerprint density at radius 3 is 2.43 bits per heavy atom. The fourth-order valence-corrected chi connectivity index (χ4v) is 1.69. The Morgan fingerprint density at radius 1 is 1.57 bits per heavy atom. The molecule has 0 aliphatic heterocycles. The maximum absolute atomic E-state index is 11.6. The minimum Gasteiger partial charge on any atom is -0.381 e. The minimum atomic E-state index is -1.26. The van der Waals surface area contributed by atoms with Crippen molar-refractivity contribution in [2.45, 2.75) is 38.8 Å². The average molecular weight is 219 g/mol. The van der Waals surface area contributed by atoms with Crippen LogP contribution >= 0.6 is 11.8 Å². The van der Waals surface area contributed by atoms with Gasteiger partial charge in [0.25, 0.3) is 5.91 Å². The van der Waals surface area contributed by atoms with Gasteiger partial charge in [0.2, 0.25) is 0 Å². The van der Waals surface area contributed by atoms with Gasteiger partial charge in [-0.15, -0.1) is 0 Å². The van der Waals surface area contributed by atoms with Crippen LogP contribution in [0.1, 0.15) is 27.2 Å². The molecule has 0 saturated heterocycles. The highest BCUT2D eigenvalue weighted by Gasteiger charge is 2.29. The lowest BCUT2D eigenvalue weighted by Crippen LogP contribution is -2.47. The zero-order valence-corrected chi connectivity index (χ0v) is 10.5. The number of likely N-dealkylation sites (N-methyl/N-ethyl adjacent to an activating group) is 1. The molecule has 0 aromatic carbocycles. The molecular formula is C10H21NO2S. The van der Waals surface area contributed by atoms with E-state index in [1.165, 1.54) is 13.8 Å². The first-order valence-corrected chi connectivity index (χ1v) is 6.18. The molecule has 1 unspecified atom stereocenters. The number of carbonyl (C=O) groups excluding carboxylic acids is 1. The summed E-state index contributed by atoms with van der Waals surface area (Å²) in [5.41, 5.74) is -1.26.